The summed E-state index contributed by atoms with van der Waals surface area (Å²) >= 11 is 3.62. The molecule has 0 aromatic heterocycles. The minimum absolute atomic E-state index is 0.0984. The highest BCUT2D eigenvalue weighted by molar-refractivity contribution is 9.10. The van der Waals surface area contributed by atoms with Gasteiger partial charge >= 0.3 is 0 Å². The van der Waals surface area contributed by atoms with Gasteiger partial charge in [0.05, 0.1) is 17.7 Å². The molecule has 4 nitrogen and oxygen atoms in total. The molecule has 2 rings (SSSR count). The number of hydrogen-bond acceptors (Lipinski definition) is 4. The van der Waals surface area contributed by atoms with Crippen LogP contribution in [0.15, 0.2) is 40.9 Å². The summed E-state index contributed by atoms with van der Waals surface area (Å²) in [5.74, 6) is 1.44. The molecular weight excluding hydrogens is 394 g/mol. The third kappa shape index (κ3) is 5.73. The van der Waals surface area contributed by atoms with Gasteiger partial charge in [0.15, 0.2) is 11.5 Å². The topological polar surface area (TPSA) is 50.7 Å². The molecule has 0 aliphatic rings. The van der Waals surface area contributed by atoms with Gasteiger partial charge in [-0.1, -0.05) is 31.2 Å². The van der Waals surface area contributed by atoms with E-state index < -0.39 is 0 Å². The molecule has 2 aromatic carbocycles. The molecule has 0 spiro atoms. The van der Waals surface area contributed by atoms with Crippen LogP contribution in [-0.4, -0.2) is 24.4 Å². The van der Waals surface area contributed by atoms with Crippen LogP contribution in [0, 0.1) is 6.92 Å². The van der Waals surface area contributed by atoms with Gasteiger partial charge in [-0.25, -0.2) is 0 Å². The lowest BCUT2D eigenvalue weighted by Gasteiger charge is -2.18. The maximum absolute atomic E-state index is 9.33. The predicted octanol–water partition coefficient (Wildman–Crippen LogP) is 4.60. The summed E-state index contributed by atoms with van der Waals surface area (Å²) in [5.41, 5.74) is 3.44. The summed E-state index contributed by atoms with van der Waals surface area (Å²) in [6.45, 7) is 7.95. The molecule has 26 heavy (non-hydrogen) atoms. The van der Waals surface area contributed by atoms with Gasteiger partial charge in [-0.3, -0.25) is 0 Å². The Morgan fingerprint density at radius 2 is 1.92 bits per heavy atom. The highest BCUT2D eigenvalue weighted by Gasteiger charge is 2.14. The van der Waals surface area contributed by atoms with E-state index in [0.717, 1.165) is 27.8 Å². The molecule has 2 N–H and O–H groups in total. The molecule has 0 fully saturated rings. The highest BCUT2D eigenvalue weighted by atomic mass is 79.9. The zero-order valence-electron chi connectivity index (χ0n) is 15.7. The third-order valence-electron chi connectivity index (χ3n) is 4.31. The van der Waals surface area contributed by atoms with Crippen molar-refractivity contribution in [2.24, 2.45) is 0 Å². The fourth-order valence-electron chi connectivity index (χ4n) is 2.65. The maximum Gasteiger partial charge on any atom is 0.175 e. The number of aliphatic hydroxyl groups is 1. The van der Waals surface area contributed by atoms with Crippen molar-refractivity contribution in [1.82, 2.24) is 5.32 Å². The molecule has 0 heterocycles. The van der Waals surface area contributed by atoms with Crippen LogP contribution in [-0.2, 0) is 13.2 Å². The second-order valence-corrected chi connectivity index (χ2v) is 7.08. The summed E-state index contributed by atoms with van der Waals surface area (Å²) in [5, 5.41) is 12.7. The number of rotatable bonds is 10. The van der Waals surface area contributed by atoms with Gasteiger partial charge in [0, 0.05) is 12.6 Å². The average molecular weight is 422 g/mol. The molecule has 142 valence electrons. The first-order valence-corrected chi connectivity index (χ1v) is 9.85. The third-order valence-corrected chi connectivity index (χ3v) is 4.90. The first-order valence-electron chi connectivity index (χ1n) is 9.05. The molecule has 2 aromatic rings. The molecular formula is C21H28BrNO3. The van der Waals surface area contributed by atoms with E-state index in [0.29, 0.717) is 25.5 Å². The van der Waals surface area contributed by atoms with Crippen LogP contribution < -0.4 is 14.8 Å². The number of ether oxygens (including phenoxy) is 2. The quantitative estimate of drug-likeness (QED) is 0.588. The molecule has 5 heteroatoms. The van der Waals surface area contributed by atoms with E-state index in [1.54, 1.807) is 0 Å². The Labute approximate surface area is 164 Å². The van der Waals surface area contributed by atoms with Crippen LogP contribution in [0.25, 0.3) is 0 Å². The van der Waals surface area contributed by atoms with Crippen molar-refractivity contribution in [1.29, 1.82) is 0 Å². The van der Waals surface area contributed by atoms with E-state index in [9.17, 15) is 5.11 Å². The monoisotopic (exact) mass is 421 g/mol. The Balaban J connectivity index is 2.16. The molecule has 0 radical (unpaired) electrons. The predicted molar refractivity (Wildman–Crippen MR) is 109 cm³/mol. The van der Waals surface area contributed by atoms with E-state index in [-0.39, 0.29) is 12.6 Å². The van der Waals surface area contributed by atoms with Crippen molar-refractivity contribution in [2.45, 2.75) is 46.4 Å². The lowest BCUT2D eigenvalue weighted by atomic mass is 10.1. The van der Waals surface area contributed by atoms with Gasteiger partial charge in [0.25, 0.3) is 0 Å². The normalized spacial score (nSPS) is 12.0. The van der Waals surface area contributed by atoms with E-state index >= 15 is 0 Å². The summed E-state index contributed by atoms with van der Waals surface area (Å²) in [7, 11) is 0. The molecule has 0 aliphatic carbocycles. The summed E-state index contributed by atoms with van der Waals surface area (Å²) < 4.78 is 12.7. The Morgan fingerprint density at radius 3 is 2.58 bits per heavy atom. The standard InChI is InChI=1S/C21H28BrNO3/c1-4-18(13-24)23-12-16-10-19(22)21(20(11-16)25-5-2)26-14-17-9-7-6-8-15(17)3/h6-11,18,23-24H,4-5,12-14H2,1-3H3. The lowest BCUT2D eigenvalue weighted by molar-refractivity contribution is 0.238. The Kier molecular flexibility index (Phi) is 8.42. The van der Waals surface area contributed by atoms with E-state index in [1.165, 1.54) is 5.56 Å². The van der Waals surface area contributed by atoms with Gasteiger partial charge in [0.2, 0.25) is 0 Å². The maximum atomic E-state index is 9.33. The van der Waals surface area contributed by atoms with E-state index in [2.05, 4.69) is 47.2 Å². The molecule has 0 saturated heterocycles. The van der Waals surface area contributed by atoms with Crippen molar-refractivity contribution in [3.05, 3.63) is 57.6 Å². The van der Waals surface area contributed by atoms with Crippen molar-refractivity contribution >= 4 is 15.9 Å². The number of halogens is 1. The fourth-order valence-corrected chi connectivity index (χ4v) is 3.25. The van der Waals surface area contributed by atoms with Crippen LogP contribution in [0.4, 0.5) is 0 Å². The van der Waals surface area contributed by atoms with Crippen molar-refractivity contribution in [3.63, 3.8) is 0 Å². The molecule has 0 bridgehead atoms. The molecule has 1 atom stereocenters. The van der Waals surface area contributed by atoms with Gasteiger partial charge in [-0.15, -0.1) is 0 Å². The van der Waals surface area contributed by atoms with Crippen molar-refractivity contribution in [3.8, 4) is 11.5 Å². The summed E-state index contributed by atoms with van der Waals surface area (Å²) in [4.78, 5) is 0. The van der Waals surface area contributed by atoms with Gasteiger partial charge < -0.3 is 19.9 Å². The van der Waals surface area contributed by atoms with Crippen LogP contribution in [0.3, 0.4) is 0 Å². The molecule has 0 saturated carbocycles. The van der Waals surface area contributed by atoms with Gasteiger partial charge in [-0.05, 0) is 65.0 Å². The minimum atomic E-state index is 0.0984. The SMILES string of the molecule is CCOc1cc(CNC(CC)CO)cc(Br)c1OCc1ccccc1C. The van der Waals surface area contributed by atoms with E-state index in [4.69, 9.17) is 9.47 Å². The lowest BCUT2D eigenvalue weighted by Crippen LogP contribution is -2.31. The van der Waals surface area contributed by atoms with Crippen molar-refractivity contribution < 1.29 is 14.6 Å². The number of nitrogens with one attached hydrogen (secondary N) is 1. The number of aliphatic hydroxyl groups excluding tert-OH is 1. The fraction of sp³-hybridized carbons (Fsp3) is 0.429. The number of benzene rings is 2. The number of hydrogen-bond donors (Lipinski definition) is 2. The second-order valence-electron chi connectivity index (χ2n) is 6.22. The first-order chi connectivity index (χ1) is 12.6. The number of aryl methyl sites for hydroxylation is 1. The van der Waals surface area contributed by atoms with Gasteiger partial charge in [0.1, 0.15) is 6.61 Å². The Morgan fingerprint density at radius 1 is 1.15 bits per heavy atom. The summed E-state index contributed by atoms with van der Waals surface area (Å²) in [6.07, 6.45) is 0.883. The zero-order valence-corrected chi connectivity index (χ0v) is 17.3. The van der Waals surface area contributed by atoms with E-state index in [1.807, 2.05) is 31.2 Å². The zero-order chi connectivity index (χ0) is 18.9. The van der Waals surface area contributed by atoms with Crippen LogP contribution in [0.5, 0.6) is 11.5 Å². The Hall–Kier alpha value is -1.56. The molecule has 1 unspecified atom stereocenters. The van der Waals surface area contributed by atoms with Crippen LogP contribution in [0.2, 0.25) is 0 Å². The van der Waals surface area contributed by atoms with Crippen LogP contribution in [0.1, 0.15) is 37.0 Å². The smallest absolute Gasteiger partial charge is 0.175 e. The summed E-state index contributed by atoms with van der Waals surface area (Å²) in [6, 6.07) is 12.3. The first kappa shape index (κ1) is 20.7. The Bertz CT molecular complexity index is 702. The van der Waals surface area contributed by atoms with Gasteiger partial charge in [-0.2, -0.15) is 0 Å². The minimum Gasteiger partial charge on any atom is -0.490 e. The largest absolute Gasteiger partial charge is 0.490 e. The van der Waals surface area contributed by atoms with Crippen LogP contribution >= 0.6 is 15.9 Å². The second kappa shape index (κ2) is 10.6. The molecule has 0 amide bonds. The van der Waals surface area contributed by atoms with Crippen molar-refractivity contribution in [2.75, 3.05) is 13.2 Å². The average Bonchev–Trinajstić information content (AvgIpc) is 2.63. The molecule has 0 aliphatic heterocycles. The highest BCUT2D eigenvalue weighted by Crippen LogP contribution is 2.37.